The predicted molar refractivity (Wildman–Crippen MR) is 90.9 cm³/mol. The minimum absolute atomic E-state index is 0.163. The maximum Gasteiger partial charge on any atom is 0.251 e. The molecule has 0 aromatic heterocycles. The van der Waals surface area contributed by atoms with Gasteiger partial charge in [0.1, 0.15) is 0 Å². The van der Waals surface area contributed by atoms with E-state index in [0.717, 1.165) is 10.0 Å². The number of nitrogens with one attached hydrogen (secondary N) is 1. The minimum Gasteiger partial charge on any atom is -0.397 e. The highest BCUT2D eigenvalue weighted by Gasteiger charge is 2.15. The van der Waals surface area contributed by atoms with E-state index in [-0.39, 0.29) is 27.7 Å². The monoisotopic (exact) mass is 386 g/mol. The van der Waals surface area contributed by atoms with Gasteiger partial charge in [0.15, 0.2) is 0 Å². The summed E-state index contributed by atoms with van der Waals surface area (Å²) in [6.07, 6.45) is 0. The van der Waals surface area contributed by atoms with E-state index in [1.54, 1.807) is 0 Å². The Labute approximate surface area is 141 Å². The second-order valence-corrected chi connectivity index (χ2v) is 6.22. The molecule has 1 atom stereocenters. The molecule has 0 radical (unpaired) electrons. The molecule has 3 nitrogen and oxygen atoms in total. The summed E-state index contributed by atoms with van der Waals surface area (Å²) in [6, 6.07) is 10.6. The van der Waals surface area contributed by atoms with Crippen LogP contribution in [-0.4, -0.2) is 5.91 Å². The SMILES string of the molecule is CC(NC(=O)c1cc(N)c(Cl)c(Cl)c1)c1ccccc1Br. The molecule has 1 unspecified atom stereocenters. The fraction of sp³-hybridized carbons (Fsp3) is 0.133. The second-order valence-electron chi connectivity index (χ2n) is 4.58. The molecule has 110 valence electrons. The fourth-order valence-corrected chi connectivity index (χ4v) is 2.89. The summed E-state index contributed by atoms with van der Waals surface area (Å²) in [5.41, 5.74) is 7.36. The number of benzene rings is 2. The average molecular weight is 388 g/mol. The molecule has 0 spiro atoms. The predicted octanol–water partition coefficient (Wildman–Crippen LogP) is 4.83. The lowest BCUT2D eigenvalue weighted by molar-refractivity contribution is 0.0940. The van der Waals surface area contributed by atoms with Crippen molar-refractivity contribution < 1.29 is 4.79 Å². The number of carbonyl (C=O) groups excluding carboxylic acids is 1. The Morgan fingerprint density at radius 1 is 1.29 bits per heavy atom. The third kappa shape index (κ3) is 3.70. The first-order valence-corrected chi connectivity index (χ1v) is 7.75. The normalized spacial score (nSPS) is 12.0. The molecular formula is C15H13BrCl2N2O. The summed E-state index contributed by atoms with van der Waals surface area (Å²) in [6.45, 7) is 1.90. The molecule has 0 bridgehead atoms. The van der Waals surface area contributed by atoms with Gasteiger partial charge in [-0.05, 0) is 30.7 Å². The molecule has 6 heteroatoms. The molecule has 21 heavy (non-hydrogen) atoms. The van der Waals surface area contributed by atoms with Crippen molar-refractivity contribution in [2.75, 3.05) is 5.73 Å². The van der Waals surface area contributed by atoms with Gasteiger partial charge in [0, 0.05) is 10.0 Å². The van der Waals surface area contributed by atoms with Gasteiger partial charge in [0.25, 0.3) is 5.91 Å². The van der Waals surface area contributed by atoms with E-state index in [0.29, 0.717) is 5.56 Å². The lowest BCUT2D eigenvalue weighted by Crippen LogP contribution is -2.27. The molecular weight excluding hydrogens is 375 g/mol. The zero-order chi connectivity index (χ0) is 15.6. The van der Waals surface area contributed by atoms with Crippen molar-refractivity contribution in [1.82, 2.24) is 5.32 Å². The molecule has 2 aromatic rings. The van der Waals surface area contributed by atoms with Crippen molar-refractivity contribution in [3.05, 3.63) is 62.0 Å². The Morgan fingerprint density at radius 2 is 1.95 bits per heavy atom. The van der Waals surface area contributed by atoms with Crippen LogP contribution in [0.15, 0.2) is 40.9 Å². The molecule has 2 aromatic carbocycles. The molecule has 2 rings (SSSR count). The summed E-state index contributed by atoms with van der Waals surface area (Å²) in [7, 11) is 0. The van der Waals surface area contributed by atoms with E-state index in [2.05, 4.69) is 21.2 Å². The lowest BCUT2D eigenvalue weighted by Gasteiger charge is -2.16. The van der Waals surface area contributed by atoms with Crippen LogP contribution in [-0.2, 0) is 0 Å². The van der Waals surface area contributed by atoms with Crippen LogP contribution in [0.5, 0.6) is 0 Å². The van der Waals surface area contributed by atoms with Crippen LogP contribution in [0, 0.1) is 0 Å². The van der Waals surface area contributed by atoms with Gasteiger partial charge in [-0.1, -0.05) is 57.3 Å². The number of nitrogens with two attached hydrogens (primary N) is 1. The van der Waals surface area contributed by atoms with Gasteiger partial charge < -0.3 is 11.1 Å². The lowest BCUT2D eigenvalue weighted by atomic mass is 10.1. The molecule has 1 amide bonds. The summed E-state index contributed by atoms with van der Waals surface area (Å²) in [5.74, 6) is -0.261. The van der Waals surface area contributed by atoms with Crippen molar-refractivity contribution in [1.29, 1.82) is 0 Å². The number of hydrogen-bond acceptors (Lipinski definition) is 2. The highest BCUT2D eigenvalue weighted by Crippen LogP contribution is 2.30. The fourth-order valence-electron chi connectivity index (χ4n) is 1.93. The number of amides is 1. The summed E-state index contributed by atoms with van der Waals surface area (Å²) < 4.78 is 0.937. The smallest absolute Gasteiger partial charge is 0.251 e. The van der Waals surface area contributed by atoms with Gasteiger partial charge in [0.05, 0.1) is 21.8 Å². The Bertz CT molecular complexity index is 668. The van der Waals surface area contributed by atoms with Crippen molar-refractivity contribution in [2.45, 2.75) is 13.0 Å². The van der Waals surface area contributed by atoms with Gasteiger partial charge >= 0.3 is 0 Å². The Morgan fingerprint density at radius 3 is 2.57 bits per heavy atom. The summed E-state index contributed by atoms with van der Waals surface area (Å²) in [4.78, 5) is 12.3. The first kappa shape index (κ1) is 16.1. The Balaban J connectivity index is 2.20. The van der Waals surface area contributed by atoms with E-state index in [9.17, 15) is 4.79 Å². The highest BCUT2D eigenvalue weighted by molar-refractivity contribution is 9.10. The summed E-state index contributed by atoms with van der Waals surface area (Å²) >= 11 is 15.3. The first-order valence-electron chi connectivity index (χ1n) is 6.20. The molecule has 0 heterocycles. The number of rotatable bonds is 3. The van der Waals surface area contributed by atoms with Crippen LogP contribution < -0.4 is 11.1 Å². The van der Waals surface area contributed by atoms with Crippen LogP contribution >= 0.6 is 39.1 Å². The first-order chi connectivity index (χ1) is 9.90. The van der Waals surface area contributed by atoms with Gasteiger partial charge in [0.2, 0.25) is 0 Å². The van der Waals surface area contributed by atoms with Crippen LogP contribution in [0.3, 0.4) is 0 Å². The third-order valence-corrected chi connectivity index (χ3v) is 4.58. The van der Waals surface area contributed by atoms with Gasteiger partial charge in [-0.15, -0.1) is 0 Å². The molecule has 0 aliphatic rings. The van der Waals surface area contributed by atoms with E-state index >= 15 is 0 Å². The molecule has 0 saturated heterocycles. The van der Waals surface area contributed by atoms with E-state index < -0.39 is 0 Å². The molecule has 3 N–H and O–H groups in total. The quantitative estimate of drug-likeness (QED) is 0.741. The molecule has 0 fully saturated rings. The number of nitrogen functional groups attached to an aromatic ring is 1. The van der Waals surface area contributed by atoms with Gasteiger partial charge in [-0.2, -0.15) is 0 Å². The van der Waals surface area contributed by atoms with Crippen LogP contribution in [0.1, 0.15) is 28.9 Å². The van der Waals surface area contributed by atoms with Crippen LogP contribution in [0.2, 0.25) is 10.0 Å². The van der Waals surface area contributed by atoms with Crippen LogP contribution in [0.4, 0.5) is 5.69 Å². The van der Waals surface area contributed by atoms with Gasteiger partial charge in [-0.3, -0.25) is 4.79 Å². The number of anilines is 1. The molecule has 0 aliphatic carbocycles. The largest absolute Gasteiger partial charge is 0.397 e. The van der Waals surface area contributed by atoms with E-state index in [1.165, 1.54) is 12.1 Å². The van der Waals surface area contributed by atoms with Crippen molar-refractivity contribution in [3.63, 3.8) is 0 Å². The van der Waals surface area contributed by atoms with Crippen molar-refractivity contribution in [3.8, 4) is 0 Å². The topological polar surface area (TPSA) is 55.1 Å². The number of halogens is 3. The van der Waals surface area contributed by atoms with Crippen molar-refractivity contribution in [2.24, 2.45) is 0 Å². The standard InChI is InChI=1S/C15H13BrCl2N2O/c1-8(10-4-2-3-5-11(10)16)20-15(21)9-6-12(17)14(18)13(19)7-9/h2-8H,19H2,1H3,(H,20,21). The van der Waals surface area contributed by atoms with Crippen LogP contribution in [0.25, 0.3) is 0 Å². The van der Waals surface area contributed by atoms with E-state index in [1.807, 2.05) is 31.2 Å². The molecule has 0 aliphatic heterocycles. The Hall–Kier alpha value is -1.23. The number of carbonyl (C=O) groups is 1. The Kier molecular flexibility index (Phi) is 5.14. The third-order valence-electron chi connectivity index (χ3n) is 3.04. The maximum atomic E-state index is 12.3. The maximum absolute atomic E-state index is 12.3. The second kappa shape index (κ2) is 6.69. The summed E-state index contributed by atoms with van der Waals surface area (Å²) in [5, 5.41) is 3.42. The van der Waals surface area contributed by atoms with E-state index in [4.69, 9.17) is 28.9 Å². The van der Waals surface area contributed by atoms with Gasteiger partial charge in [-0.25, -0.2) is 0 Å². The number of hydrogen-bond donors (Lipinski definition) is 2. The zero-order valence-electron chi connectivity index (χ0n) is 11.2. The zero-order valence-corrected chi connectivity index (χ0v) is 14.3. The minimum atomic E-state index is -0.261. The highest BCUT2D eigenvalue weighted by atomic mass is 79.9. The van der Waals surface area contributed by atoms with Crippen molar-refractivity contribution >= 4 is 50.7 Å². The molecule has 0 saturated carbocycles. The average Bonchev–Trinajstić information content (AvgIpc) is 2.44.